The van der Waals surface area contributed by atoms with Crippen LogP contribution in [-0.4, -0.2) is 22.6 Å². The summed E-state index contributed by atoms with van der Waals surface area (Å²) < 4.78 is 0. The van der Waals surface area contributed by atoms with Gasteiger partial charge in [-0.1, -0.05) is 0 Å². The number of amides is 1. The minimum Gasteiger partial charge on any atom is -0.352 e. The van der Waals surface area contributed by atoms with Gasteiger partial charge < -0.3 is 11.1 Å². The molecule has 94 valence electrons. The van der Waals surface area contributed by atoms with Crippen LogP contribution < -0.4 is 11.1 Å². The molecule has 0 bridgehead atoms. The lowest BCUT2D eigenvalue weighted by Gasteiger charge is -2.26. The van der Waals surface area contributed by atoms with E-state index in [0.717, 1.165) is 37.8 Å². The predicted octanol–water partition coefficient (Wildman–Crippen LogP) is 0.791. The Balaban J connectivity index is 1.73. The Morgan fingerprint density at radius 3 is 2.82 bits per heavy atom. The highest BCUT2D eigenvalue weighted by Crippen LogP contribution is 2.28. The van der Waals surface area contributed by atoms with Gasteiger partial charge in [0.2, 0.25) is 5.91 Å². The SMILES string of the molecule is NCC1CCC(C(=O)NCc2cn[nH]c2)CC1. The van der Waals surface area contributed by atoms with Crippen LogP contribution in [0.5, 0.6) is 0 Å². The van der Waals surface area contributed by atoms with Crippen molar-refractivity contribution in [2.75, 3.05) is 6.54 Å². The molecule has 17 heavy (non-hydrogen) atoms. The highest BCUT2D eigenvalue weighted by atomic mass is 16.1. The van der Waals surface area contributed by atoms with Crippen molar-refractivity contribution in [2.24, 2.45) is 17.6 Å². The second-order valence-electron chi connectivity index (χ2n) is 4.78. The van der Waals surface area contributed by atoms with Gasteiger partial charge in [0.1, 0.15) is 0 Å². The number of hydrogen-bond donors (Lipinski definition) is 3. The molecule has 1 heterocycles. The first-order chi connectivity index (χ1) is 8.29. The fourth-order valence-electron chi connectivity index (χ4n) is 2.37. The largest absolute Gasteiger partial charge is 0.352 e. The number of aromatic nitrogens is 2. The molecule has 5 nitrogen and oxygen atoms in total. The normalized spacial score (nSPS) is 24.5. The average Bonchev–Trinajstić information content (AvgIpc) is 2.89. The number of hydrogen-bond acceptors (Lipinski definition) is 3. The molecule has 0 spiro atoms. The lowest BCUT2D eigenvalue weighted by molar-refractivity contribution is -0.126. The van der Waals surface area contributed by atoms with E-state index in [2.05, 4.69) is 15.5 Å². The molecule has 1 aliphatic carbocycles. The maximum Gasteiger partial charge on any atom is 0.223 e. The Morgan fingerprint density at radius 1 is 1.47 bits per heavy atom. The smallest absolute Gasteiger partial charge is 0.223 e. The molecule has 1 aliphatic rings. The zero-order chi connectivity index (χ0) is 12.1. The summed E-state index contributed by atoms with van der Waals surface area (Å²) in [6, 6.07) is 0. The second kappa shape index (κ2) is 5.82. The van der Waals surface area contributed by atoms with Gasteiger partial charge in [0.25, 0.3) is 0 Å². The van der Waals surface area contributed by atoms with Gasteiger partial charge in [-0.3, -0.25) is 9.89 Å². The molecule has 0 radical (unpaired) electrons. The molecular formula is C12H20N4O. The maximum absolute atomic E-state index is 11.9. The third kappa shape index (κ3) is 3.30. The van der Waals surface area contributed by atoms with E-state index in [4.69, 9.17) is 5.73 Å². The number of aromatic amines is 1. The standard InChI is InChI=1S/C12H20N4O/c13-5-9-1-3-11(4-2-9)12(17)14-6-10-7-15-16-8-10/h7-9,11H,1-6,13H2,(H,14,17)(H,15,16). The van der Waals surface area contributed by atoms with E-state index >= 15 is 0 Å². The van der Waals surface area contributed by atoms with E-state index < -0.39 is 0 Å². The molecule has 1 fully saturated rings. The van der Waals surface area contributed by atoms with E-state index in [1.54, 1.807) is 12.4 Å². The highest BCUT2D eigenvalue weighted by Gasteiger charge is 2.25. The van der Waals surface area contributed by atoms with Crippen molar-refractivity contribution in [3.8, 4) is 0 Å². The number of nitrogens with one attached hydrogen (secondary N) is 2. The first kappa shape index (κ1) is 12.1. The fraction of sp³-hybridized carbons (Fsp3) is 0.667. The summed E-state index contributed by atoms with van der Waals surface area (Å²) in [5.41, 5.74) is 6.64. The van der Waals surface area contributed by atoms with Gasteiger partial charge in [-0.2, -0.15) is 5.10 Å². The zero-order valence-electron chi connectivity index (χ0n) is 9.98. The third-order valence-corrected chi connectivity index (χ3v) is 3.57. The first-order valence-corrected chi connectivity index (χ1v) is 6.25. The van der Waals surface area contributed by atoms with Crippen molar-refractivity contribution in [1.29, 1.82) is 0 Å². The summed E-state index contributed by atoms with van der Waals surface area (Å²) in [5, 5.41) is 9.53. The minimum absolute atomic E-state index is 0.168. The van der Waals surface area contributed by atoms with Crippen LogP contribution in [0.15, 0.2) is 12.4 Å². The topological polar surface area (TPSA) is 83.8 Å². The molecule has 0 aromatic carbocycles. The van der Waals surface area contributed by atoms with Crippen LogP contribution >= 0.6 is 0 Å². The summed E-state index contributed by atoms with van der Waals surface area (Å²) in [6.45, 7) is 1.31. The summed E-state index contributed by atoms with van der Waals surface area (Å²) in [4.78, 5) is 11.9. The van der Waals surface area contributed by atoms with Crippen LogP contribution in [0.2, 0.25) is 0 Å². The summed E-state index contributed by atoms with van der Waals surface area (Å²) in [7, 11) is 0. The van der Waals surface area contributed by atoms with Gasteiger partial charge in [-0.05, 0) is 38.1 Å². The van der Waals surface area contributed by atoms with E-state index in [0.29, 0.717) is 12.5 Å². The molecule has 0 saturated heterocycles. The van der Waals surface area contributed by atoms with Crippen LogP contribution in [0.4, 0.5) is 0 Å². The summed E-state index contributed by atoms with van der Waals surface area (Å²) in [5.74, 6) is 0.958. The maximum atomic E-state index is 11.9. The molecule has 4 N–H and O–H groups in total. The van der Waals surface area contributed by atoms with Crippen molar-refractivity contribution in [2.45, 2.75) is 32.2 Å². The van der Waals surface area contributed by atoms with E-state index in [-0.39, 0.29) is 11.8 Å². The average molecular weight is 236 g/mol. The van der Waals surface area contributed by atoms with Gasteiger partial charge in [-0.25, -0.2) is 0 Å². The van der Waals surface area contributed by atoms with Gasteiger partial charge in [0.05, 0.1) is 6.20 Å². The predicted molar refractivity (Wildman–Crippen MR) is 64.9 cm³/mol. The fourth-order valence-corrected chi connectivity index (χ4v) is 2.37. The van der Waals surface area contributed by atoms with E-state index in [1.807, 2.05) is 0 Å². The van der Waals surface area contributed by atoms with Gasteiger partial charge in [0.15, 0.2) is 0 Å². The van der Waals surface area contributed by atoms with Crippen LogP contribution in [0.1, 0.15) is 31.2 Å². The Morgan fingerprint density at radius 2 is 2.24 bits per heavy atom. The molecule has 0 unspecified atom stereocenters. The van der Waals surface area contributed by atoms with Gasteiger partial charge in [0, 0.05) is 24.2 Å². The van der Waals surface area contributed by atoms with Crippen molar-refractivity contribution in [3.05, 3.63) is 18.0 Å². The Bertz CT molecular complexity index is 341. The second-order valence-corrected chi connectivity index (χ2v) is 4.78. The molecule has 1 aromatic heterocycles. The van der Waals surface area contributed by atoms with Crippen molar-refractivity contribution in [1.82, 2.24) is 15.5 Å². The van der Waals surface area contributed by atoms with Crippen molar-refractivity contribution in [3.63, 3.8) is 0 Å². The number of H-pyrrole nitrogens is 1. The number of nitrogens with two attached hydrogens (primary N) is 1. The molecule has 0 aliphatic heterocycles. The number of rotatable bonds is 4. The monoisotopic (exact) mass is 236 g/mol. The molecule has 1 saturated carbocycles. The molecule has 5 heteroatoms. The van der Waals surface area contributed by atoms with Gasteiger partial charge >= 0.3 is 0 Å². The van der Waals surface area contributed by atoms with E-state index in [1.165, 1.54) is 0 Å². The minimum atomic E-state index is 0.168. The quantitative estimate of drug-likeness (QED) is 0.722. The van der Waals surface area contributed by atoms with Crippen LogP contribution in [-0.2, 0) is 11.3 Å². The van der Waals surface area contributed by atoms with E-state index in [9.17, 15) is 4.79 Å². The van der Waals surface area contributed by atoms with Crippen LogP contribution in [0.25, 0.3) is 0 Å². The summed E-state index contributed by atoms with van der Waals surface area (Å²) >= 11 is 0. The lowest BCUT2D eigenvalue weighted by atomic mass is 9.81. The van der Waals surface area contributed by atoms with Crippen molar-refractivity contribution < 1.29 is 4.79 Å². The number of carbonyl (C=O) groups is 1. The Labute approximate surface area is 101 Å². The number of nitrogens with zero attached hydrogens (tertiary/aromatic N) is 1. The molecule has 1 amide bonds. The highest BCUT2D eigenvalue weighted by molar-refractivity contribution is 5.78. The molecule has 1 aromatic rings. The third-order valence-electron chi connectivity index (χ3n) is 3.57. The van der Waals surface area contributed by atoms with Crippen LogP contribution in [0.3, 0.4) is 0 Å². The lowest BCUT2D eigenvalue weighted by Crippen LogP contribution is -2.33. The van der Waals surface area contributed by atoms with Crippen molar-refractivity contribution >= 4 is 5.91 Å². The first-order valence-electron chi connectivity index (χ1n) is 6.25. The Hall–Kier alpha value is -1.36. The van der Waals surface area contributed by atoms with Crippen LogP contribution in [0, 0.1) is 11.8 Å². The molecular weight excluding hydrogens is 216 g/mol. The van der Waals surface area contributed by atoms with Gasteiger partial charge in [-0.15, -0.1) is 0 Å². The Kier molecular flexibility index (Phi) is 4.14. The molecule has 2 rings (SSSR count). The summed E-state index contributed by atoms with van der Waals surface area (Å²) in [6.07, 6.45) is 7.63. The zero-order valence-corrected chi connectivity index (χ0v) is 9.98. The number of carbonyl (C=O) groups excluding carboxylic acids is 1. The molecule has 0 atom stereocenters.